The Morgan fingerprint density at radius 1 is 1.05 bits per heavy atom. The van der Waals surface area contributed by atoms with E-state index in [0.717, 1.165) is 28.9 Å². The van der Waals surface area contributed by atoms with E-state index in [4.69, 9.17) is 0 Å². The van der Waals surface area contributed by atoms with E-state index in [1.54, 1.807) is 24.3 Å². The van der Waals surface area contributed by atoms with Gasteiger partial charge in [-0.25, -0.2) is 13.4 Å². The quantitative estimate of drug-likeness (QED) is 0.297. The Kier molecular flexibility index (Phi) is 6.78. The van der Waals surface area contributed by atoms with Crippen LogP contribution in [-0.2, 0) is 16.2 Å². The molecular weight excluding hydrogens is 523 g/mol. The lowest BCUT2D eigenvalue weighted by atomic mass is 10.0. The fourth-order valence-corrected chi connectivity index (χ4v) is 7.29. The summed E-state index contributed by atoms with van der Waals surface area (Å²) >= 11 is 0.938. The summed E-state index contributed by atoms with van der Waals surface area (Å²) in [7, 11) is -3.77. The van der Waals surface area contributed by atoms with Crippen molar-refractivity contribution in [2.24, 2.45) is 0 Å². The van der Waals surface area contributed by atoms with Crippen LogP contribution in [0.5, 0.6) is 0 Å². The first-order valence-electron chi connectivity index (χ1n) is 11.6. The molecule has 0 aliphatic carbocycles. The molecule has 1 aromatic heterocycles. The Labute approximate surface area is 215 Å². The first-order chi connectivity index (χ1) is 17.7. The number of thiazole rings is 1. The van der Waals surface area contributed by atoms with Gasteiger partial charge in [0.05, 0.1) is 21.5 Å². The van der Waals surface area contributed by atoms with Gasteiger partial charge in [-0.05, 0) is 30.4 Å². The van der Waals surface area contributed by atoms with E-state index in [9.17, 15) is 26.4 Å². The molecule has 1 unspecified atom stereocenters. The molecule has 0 saturated carbocycles. The number of carbonyl (C=O) groups excluding carboxylic acids is 1. The number of sulfonamides is 1. The number of nitrogens with zero attached hydrogens (tertiary/aromatic N) is 2. The Balaban J connectivity index is 1.32. The summed E-state index contributed by atoms with van der Waals surface area (Å²) in [6.45, 7) is 0.637. The summed E-state index contributed by atoms with van der Waals surface area (Å²) in [6, 6.07) is 16.8. The van der Waals surface area contributed by atoms with Gasteiger partial charge in [0, 0.05) is 30.1 Å². The number of anilines is 1. The maximum absolute atomic E-state index is 13.6. The number of ketones is 1. The summed E-state index contributed by atoms with van der Waals surface area (Å²) in [5.41, 5.74) is -1.43. The number of fused-ring (bicyclic) bond motifs is 1. The van der Waals surface area contributed by atoms with Crippen molar-refractivity contribution in [3.05, 3.63) is 88.9 Å². The average Bonchev–Trinajstić information content (AvgIpc) is 3.56. The van der Waals surface area contributed by atoms with Crippen LogP contribution in [0, 0.1) is 0 Å². The van der Waals surface area contributed by atoms with Crippen LogP contribution < -0.4 is 5.32 Å². The molecule has 3 aromatic carbocycles. The lowest BCUT2D eigenvalue weighted by Crippen LogP contribution is -2.39. The molecule has 1 atom stereocenters. The second kappa shape index (κ2) is 9.88. The van der Waals surface area contributed by atoms with Gasteiger partial charge in [-0.1, -0.05) is 65.9 Å². The minimum absolute atomic E-state index is 0.0610. The van der Waals surface area contributed by atoms with Gasteiger partial charge in [0.2, 0.25) is 15.8 Å². The minimum atomic E-state index is -4.65. The predicted octanol–water partition coefficient (Wildman–Crippen LogP) is 5.81. The summed E-state index contributed by atoms with van der Waals surface area (Å²) in [4.78, 5) is 17.2. The highest BCUT2D eigenvalue weighted by molar-refractivity contribution is 7.89. The van der Waals surface area contributed by atoms with Crippen molar-refractivity contribution >= 4 is 43.0 Å². The minimum Gasteiger partial charge on any atom is -0.360 e. The third-order valence-corrected chi connectivity index (χ3v) is 9.32. The molecule has 0 radical (unpaired) electrons. The molecule has 6 nitrogen and oxygen atoms in total. The molecule has 1 aliphatic heterocycles. The van der Waals surface area contributed by atoms with E-state index < -0.39 is 33.1 Å². The van der Waals surface area contributed by atoms with Crippen LogP contribution in [0.15, 0.2) is 77.8 Å². The lowest BCUT2D eigenvalue weighted by molar-refractivity contribution is -0.137. The standard InChI is InChI=1S/C26H22F3N3O3S2/c27-26(28,29)21-12-4-3-11-20(21)24(33)22-16-31-25(36-22)30-15-18-9-6-14-32(18)37(34,35)23-13-5-8-17-7-1-2-10-19(17)23/h1-5,7-8,10-13,16,18H,6,9,14-15H2,(H,30,31). The number of rotatable bonds is 7. The number of halogens is 3. The first-order valence-corrected chi connectivity index (χ1v) is 13.8. The second-order valence-corrected chi connectivity index (χ2v) is 11.6. The number of carbonyl (C=O) groups is 1. The summed E-state index contributed by atoms with van der Waals surface area (Å²) in [6.07, 6.45) is -2.07. The van der Waals surface area contributed by atoms with Crippen molar-refractivity contribution in [2.45, 2.75) is 30.0 Å². The topological polar surface area (TPSA) is 79.4 Å². The van der Waals surface area contributed by atoms with Gasteiger partial charge in [-0.2, -0.15) is 17.5 Å². The van der Waals surface area contributed by atoms with Gasteiger partial charge in [0.1, 0.15) is 0 Å². The van der Waals surface area contributed by atoms with E-state index >= 15 is 0 Å². The molecule has 11 heteroatoms. The van der Waals surface area contributed by atoms with E-state index in [-0.39, 0.29) is 22.4 Å². The maximum Gasteiger partial charge on any atom is 0.417 e. The third-order valence-electron chi connectivity index (χ3n) is 6.35. The van der Waals surface area contributed by atoms with Crippen molar-refractivity contribution in [2.75, 3.05) is 18.4 Å². The predicted molar refractivity (Wildman–Crippen MR) is 136 cm³/mol. The third kappa shape index (κ3) is 4.98. The molecule has 1 aliphatic rings. The highest BCUT2D eigenvalue weighted by atomic mass is 32.2. The van der Waals surface area contributed by atoms with Gasteiger partial charge in [0.15, 0.2) is 5.13 Å². The zero-order valence-electron chi connectivity index (χ0n) is 19.4. The van der Waals surface area contributed by atoms with Crippen LogP contribution in [0.4, 0.5) is 18.3 Å². The number of hydrogen-bond acceptors (Lipinski definition) is 6. The highest BCUT2D eigenvalue weighted by Crippen LogP contribution is 2.34. The van der Waals surface area contributed by atoms with Crippen molar-refractivity contribution in [3.63, 3.8) is 0 Å². The van der Waals surface area contributed by atoms with Gasteiger partial charge in [-0.3, -0.25) is 4.79 Å². The normalized spacial score (nSPS) is 16.8. The maximum atomic E-state index is 13.6. The van der Waals surface area contributed by atoms with E-state index in [1.165, 1.54) is 22.6 Å². The van der Waals surface area contributed by atoms with Crippen molar-refractivity contribution in [1.29, 1.82) is 0 Å². The first kappa shape index (κ1) is 25.4. The Hall–Kier alpha value is -3.28. The van der Waals surface area contributed by atoms with Crippen molar-refractivity contribution < 1.29 is 26.4 Å². The molecule has 4 aromatic rings. The van der Waals surface area contributed by atoms with Crippen LogP contribution in [0.3, 0.4) is 0 Å². The SMILES string of the molecule is O=C(c1cnc(NCC2CCCN2S(=O)(=O)c2cccc3ccccc23)s1)c1ccccc1C(F)(F)F. The molecule has 5 rings (SSSR count). The van der Waals surface area contributed by atoms with Crippen LogP contribution in [-0.4, -0.2) is 42.6 Å². The van der Waals surface area contributed by atoms with Crippen LogP contribution in [0.25, 0.3) is 10.8 Å². The monoisotopic (exact) mass is 545 g/mol. The Morgan fingerprint density at radius 3 is 2.59 bits per heavy atom. The Morgan fingerprint density at radius 2 is 1.78 bits per heavy atom. The molecule has 1 fully saturated rings. The molecule has 0 spiro atoms. The molecule has 1 saturated heterocycles. The molecule has 0 amide bonds. The van der Waals surface area contributed by atoms with E-state index in [1.807, 2.05) is 18.2 Å². The summed E-state index contributed by atoms with van der Waals surface area (Å²) < 4.78 is 68.7. The van der Waals surface area contributed by atoms with E-state index in [2.05, 4.69) is 10.3 Å². The van der Waals surface area contributed by atoms with Gasteiger partial charge in [0.25, 0.3) is 0 Å². The van der Waals surface area contributed by atoms with Gasteiger partial charge in [-0.15, -0.1) is 0 Å². The smallest absolute Gasteiger partial charge is 0.360 e. The number of alkyl halides is 3. The fraction of sp³-hybridized carbons (Fsp3) is 0.231. The van der Waals surface area contributed by atoms with Crippen LogP contribution >= 0.6 is 11.3 Å². The molecule has 192 valence electrons. The Bertz CT molecular complexity index is 1560. The molecule has 0 bridgehead atoms. The van der Waals surface area contributed by atoms with Crippen molar-refractivity contribution in [3.8, 4) is 0 Å². The van der Waals surface area contributed by atoms with Gasteiger partial charge < -0.3 is 5.32 Å². The largest absolute Gasteiger partial charge is 0.417 e. The molecular formula is C26H22F3N3O3S2. The second-order valence-electron chi connectivity index (χ2n) is 8.67. The van der Waals surface area contributed by atoms with Crippen molar-refractivity contribution in [1.82, 2.24) is 9.29 Å². The fourth-order valence-electron chi connectivity index (χ4n) is 4.60. The van der Waals surface area contributed by atoms with Crippen LogP contribution in [0.2, 0.25) is 0 Å². The molecule has 2 heterocycles. The average molecular weight is 546 g/mol. The number of hydrogen-bond donors (Lipinski definition) is 1. The summed E-state index contributed by atoms with van der Waals surface area (Å²) in [5, 5.41) is 4.91. The van der Waals surface area contributed by atoms with Crippen LogP contribution in [0.1, 0.15) is 33.6 Å². The molecule has 37 heavy (non-hydrogen) atoms. The molecule has 1 N–H and O–H groups in total. The zero-order chi connectivity index (χ0) is 26.2. The van der Waals surface area contributed by atoms with E-state index in [0.29, 0.717) is 29.9 Å². The number of aromatic nitrogens is 1. The van der Waals surface area contributed by atoms with Gasteiger partial charge >= 0.3 is 6.18 Å². The number of benzene rings is 3. The zero-order valence-corrected chi connectivity index (χ0v) is 21.0. The highest BCUT2D eigenvalue weighted by Gasteiger charge is 2.37. The number of nitrogens with one attached hydrogen (secondary N) is 1. The lowest BCUT2D eigenvalue weighted by Gasteiger charge is -2.25. The summed E-state index contributed by atoms with van der Waals surface area (Å²) in [5.74, 6) is -0.764.